The van der Waals surface area contributed by atoms with Crippen LogP contribution in [0.3, 0.4) is 0 Å². The number of aromatic nitrogens is 2. The fraction of sp³-hybridized carbons (Fsp3) is 0.474. The Morgan fingerprint density at radius 3 is 2.70 bits per heavy atom. The van der Waals surface area contributed by atoms with Gasteiger partial charge in [-0.05, 0) is 30.9 Å². The lowest BCUT2D eigenvalue weighted by molar-refractivity contribution is -0.132. The molecule has 4 nitrogen and oxygen atoms in total. The van der Waals surface area contributed by atoms with Crippen molar-refractivity contribution < 1.29 is 4.79 Å². The first-order chi connectivity index (χ1) is 11.0. The zero-order chi connectivity index (χ0) is 16.8. The number of carbonyl (C=O) groups excluding carboxylic acids is 1. The van der Waals surface area contributed by atoms with Gasteiger partial charge in [0.05, 0.1) is 6.54 Å². The van der Waals surface area contributed by atoms with Crippen LogP contribution in [0.1, 0.15) is 44.1 Å². The Labute approximate surface area is 139 Å². The highest BCUT2D eigenvalue weighted by molar-refractivity contribution is 5.76. The van der Waals surface area contributed by atoms with Crippen LogP contribution in [0.25, 0.3) is 0 Å². The molecule has 0 atom stereocenters. The zero-order valence-corrected chi connectivity index (χ0v) is 14.6. The third kappa shape index (κ3) is 4.68. The number of benzene rings is 1. The van der Waals surface area contributed by atoms with Crippen molar-refractivity contribution in [2.24, 2.45) is 5.92 Å². The summed E-state index contributed by atoms with van der Waals surface area (Å²) >= 11 is 0. The summed E-state index contributed by atoms with van der Waals surface area (Å²) in [5.74, 6) is 1.52. The van der Waals surface area contributed by atoms with E-state index in [9.17, 15) is 4.79 Å². The minimum absolute atomic E-state index is 0.202. The lowest BCUT2D eigenvalue weighted by Crippen LogP contribution is -2.32. The molecule has 0 unspecified atom stereocenters. The van der Waals surface area contributed by atoms with Crippen molar-refractivity contribution in [3.63, 3.8) is 0 Å². The Hall–Kier alpha value is -2.10. The molecule has 1 amide bonds. The quantitative estimate of drug-likeness (QED) is 0.783. The van der Waals surface area contributed by atoms with Gasteiger partial charge in [-0.2, -0.15) is 0 Å². The second-order valence-corrected chi connectivity index (χ2v) is 6.40. The van der Waals surface area contributed by atoms with E-state index >= 15 is 0 Å². The van der Waals surface area contributed by atoms with E-state index in [1.807, 2.05) is 24.2 Å². The van der Waals surface area contributed by atoms with Crippen LogP contribution in [-0.4, -0.2) is 26.9 Å². The maximum atomic E-state index is 12.3. The third-order valence-electron chi connectivity index (χ3n) is 4.05. The average molecular weight is 313 g/mol. The smallest absolute Gasteiger partial charge is 0.223 e. The van der Waals surface area contributed by atoms with Crippen LogP contribution in [0, 0.1) is 12.8 Å². The summed E-state index contributed by atoms with van der Waals surface area (Å²) in [6, 6.07) is 8.37. The van der Waals surface area contributed by atoms with E-state index in [1.54, 1.807) is 0 Å². The predicted molar refractivity (Wildman–Crippen MR) is 93.1 cm³/mol. The van der Waals surface area contributed by atoms with Crippen LogP contribution in [0.4, 0.5) is 0 Å². The Kier molecular flexibility index (Phi) is 5.97. The molecule has 0 saturated heterocycles. The topological polar surface area (TPSA) is 38.1 Å². The number of carbonyl (C=O) groups is 1. The Morgan fingerprint density at radius 1 is 1.30 bits per heavy atom. The van der Waals surface area contributed by atoms with Gasteiger partial charge in [-0.3, -0.25) is 4.79 Å². The van der Waals surface area contributed by atoms with Crippen LogP contribution in [-0.2, 0) is 17.9 Å². The number of hydrogen-bond acceptors (Lipinski definition) is 2. The number of aryl methyl sites for hydroxylation is 1. The Bertz CT molecular complexity index is 646. The molecule has 23 heavy (non-hydrogen) atoms. The molecule has 0 aliphatic heterocycles. The molecule has 2 rings (SSSR count). The van der Waals surface area contributed by atoms with Gasteiger partial charge in [0, 0.05) is 31.9 Å². The molecule has 0 N–H and O–H groups in total. The van der Waals surface area contributed by atoms with Crippen LogP contribution >= 0.6 is 0 Å². The van der Waals surface area contributed by atoms with Gasteiger partial charge in [-0.25, -0.2) is 4.98 Å². The number of rotatable bonds is 7. The van der Waals surface area contributed by atoms with E-state index in [4.69, 9.17) is 0 Å². The van der Waals surface area contributed by atoms with Crippen molar-refractivity contribution >= 4 is 5.91 Å². The average Bonchev–Trinajstić information content (AvgIpc) is 2.93. The summed E-state index contributed by atoms with van der Waals surface area (Å²) in [6.45, 7) is 10.4. The molecule has 0 aliphatic carbocycles. The normalized spacial score (nSPS) is 11.0. The third-order valence-corrected chi connectivity index (χ3v) is 4.05. The molecule has 1 aromatic carbocycles. The van der Waals surface area contributed by atoms with E-state index in [0.717, 1.165) is 12.4 Å². The lowest BCUT2D eigenvalue weighted by Gasteiger charge is -2.22. The van der Waals surface area contributed by atoms with Gasteiger partial charge in [0.1, 0.15) is 5.82 Å². The SMILES string of the molecule is CCN(Cc1nccn1Cc1ccccc1C)C(=O)CC(C)C. The van der Waals surface area contributed by atoms with Crippen molar-refractivity contribution in [3.05, 3.63) is 53.6 Å². The van der Waals surface area contributed by atoms with Gasteiger partial charge in [-0.1, -0.05) is 38.1 Å². The molecule has 0 radical (unpaired) electrons. The number of nitrogens with zero attached hydrogens (tertiary/aromatic N) is 3. The zero-order valence-electron chi connectivity index (χ0n) is 14.6. The summed E-state index contributed by atoms with van der Waals surface area (Å²) < 4.78 is 2.13. The van der Waals surface area contributed by atoms with Crippen LogP contribution in [0.15, 0.2) is 36.7 Å². The largest absolute Gasteiger partial charge is 0.335 e. The highest BCUT2D eigenvalue weighted by Crippen LogP contribution is 2.13. The number of imidazole rings is 1. The lowest BCUT2D eigenvalue weighted by atomic mass is 10.1. The van der Waals surface area contributed by atoms with Crippen molar-refractivity contribution in [1.29, 1.82) is 0 Å². The summed E-state index contributed by atoms with van der Waals surface area (Å²) in [6.07, 6.45) is 4.39. The predicted octanol–water partition coefficient (Wildman–Crippen LogP) is 3.63. The fourth-order valence-corrected chi connectivity index (χ4v) is 2.63. The van der Waals surface area contributed by atoms with Crippen LogP contribution < -0.4 is 0 Å². The molecular formula is C19H27N3O. The van der Waals surface area contributed by atoms with E-state index in [2.05, 4.69) is 54.6 Å². The van der Waals surface area contributed by atoms with Crippen molar-refractivity contribution in [3.8, 4) is 0 Å². The highest BCUT2D eigenvalue weighted by atomic mass is 16.2. The number of hydrogen-bond donors (Lipinski definition) is 0. The minimum atomic E-state index is 0.202. The van der Waals surface area contributed by atoms with Crippen LogP contribution in [0.5, 0.6) is 0 Å². The maximum absolute atomic E-state index is 12.3. The first kappa shape index (κ1) is 17.3. The van der Waals surface area contributed by atoms with Gasteiger partial charge in [-0.15, -0.1) is 0 Å². The van der Waals surface area contributed by atoms with E-state index in [0.29, 0.717) is 25.4 Å². The molecule has 124 valence electrons. The summed E-state index contributed by atoms with van der Waals surface area (Å²) in [5.41, 5.74) is 2.55. The summed E-state index contributed by atoms with van der Waals surface area (Å²) in [5, 5.41) is 0. The van der Waals surface area contributed by atoms with Crippen molar-refractivity contribution in [2.75, 3.05) is 6.54 Å². The first-order valence-corrected chi connectivity index (χ1v) is 8.33. The minimum Gasteiger partial charge on any atom is -0.335 e. The van der Waals surface area contributed by atoms with Gasteiger partial charge in [0.25, 0.3) is 0 Å². The molecule has 0 aliphatic rings. The molecule has 1 aromatic heterocycles. The molecule has 0 saturated carbocycles. The van der Waals surface area contributed by atoms with Gasteiger partial charge in [0.15, 0.2) is 0 Å². The van der Waals surface area contributed by atoms with Gasteiger partial charge < -0.3 is 9.47 Å². The molecule has 4 heteroatoms. The maximum Gasteiger partial charge on any atom is 0.223 e. The number of amides is 1. The monoisotopic (exact) mass is 313 g/mol. The van der Waals surface area contributed by atoms with Crippen LogP contribution in [0.2, 0.25) is 0 Å². The summed E-state index contributed by atoms with van der Waals surface area (Å²) in [7, 11) is 0. The Balaban J connectivity index is 2.11. The van der Waals surface area contributed by atoms with Gasteiger partial charge in [0.2, 0.25) is 5.91 Å². The molecule has 1 heterocycles. The van der Waals surface area contributed by atoms with Gasteiger partial charge >= 0.3 is 0 Å². The molecular weight excluding hydrogens is 286 g/mol. The molecule has 2 aromatic rings. The van der Waals surface area contributed by atoms with Crippen molar-refractivity contribution in [2.45, 2.75) is 47.2 Å². The second-order valence-electron chi connectivity index (χ2n) is 6.40. The second kappa shape index (κ2) is 7.95. The summed E-state index contributed by atoms with van der Waals surface area (Å²) in [4.78, 5) is 18.7. The van der Waals surface area contributed by atoms with E-state index in [-0.39, 0.29) is 5.91 Å². The highest BCUT2D eigenvalue weighted by Gasteiger charge is 2.16. The van der Waals surface area contributed by atoms with E-state index in [1.165, 1.54) is 11.1 Å². The Morgan fingerprint density at radius 2 is 2.04 bits per heavy atom. The standard InChI is InChI=1S/C19H27N3O/c1-5-21(19(23)12-15(2)3)14-18-20-10-11-22(18)13-17-9-7-6-8-16(17)4/h6-11,15H,5,12-14H2,1-4H3. The molecule has 0 spiro atoms. The van der Waals surface area contributed by atoms with E-state index < -0.39 is 0 Å². The fourth-order valence-electron chi connectivity index (χ4n) is 2.63. The first-order valence-electron chi connectivity index (χ1n) is 8.33. The molecule has 0 bridgehead atoms. The molecule has 0 fully saturated rings. The van der Waals surface area contributed by atoms with Crippen molar-refractivity contribution in [1.82, 2.24) is 14.5 Å².